The predicted molar refractivity (Wildman–Crippen MR) is 88.9 cm³/mol. The van der Waals surface area contributed by atoms with E-state index in [-0.39, 0.29) is 5.91 Å². The number of rotatable bonds is 7. The van der Waals surface area contributed by atoms with Crippen LogP contribution in [0.15, 0.2) is 48.5 Å². The second-order valence-electron chi connectivity index (χ2n) is 5.02. The maximum absolute atomic E-state index is 12.5. The number of nitrogens with one attached hydrogen (secondary N) is 2. The topological polar surface area (TPSA) is 50.4 Å². The summed E-state index contributed by atoms with van der Waals surface area (Å²) in [5, 5.41) is 6.22. The van der Waals surface area contributed by atoms with E-state index in [1.165, 1.54) is 0 Å². The molecule has 0 spiro atoms. The normalized spacial score (nSPS) is 10.5. The number of carbonyl (C=O) groups excluding carboxylic acids is 1. The molecule has 1 amide bonds. The van der Waals surface area contributed by atoms with Gasteiger partial charge in [0, 0.05) is 24.9 Å². The Morgan fingerprint density at radius 1 is 1.14 bits per heavy atom. The first-order chi connectivity index (χ1) is 10.7. The molecule has 0 unspecified atom stereocenters. The third kappa shape index (κ3) is 4.41. The maximum atomic E-state index is 12.5. The Labute approximate surface area is 131 Å². The molecular weight excluding hydrogens is 276 g/mol. The van der Waals surface area contributed by atoms with E-state index in [0.717, 1.165) is 29.9 Å². The lowest BCUT2D eigenvalue weighted by Crippen LogP contribution is -2.15. The molecule has 0 saturated heterocycles. The van der Waals surface area contributed by atoms with Crippen molar-refractivity contribution in [2.45, 2.75) is 20.1 Å². The maximum Gasteiger partial charge on any atom is 0.256 e. The molecule has 2 aromatic rings. The molecule has 0 aliphatic rings. The highest BCUT2D eigenvalue weighted by Gasteiger charge is 2.11. The molecule has 0 bridgehead atoms. The number of anilines is 1. The highest BCUT2D eigenvalue weighted by atomic mass is 16.5. The van der Waals surface area contributed by atoms with Gasteiger partial charge in [0.1, 0.15) is 0 Å². The van der Waals surface area contributed by atoms with E-state index < -0.39 is 0 Å². The molecular formula is C18H22N2O2. The number of amides is 1. The van der Waals surface area contributed by atoms with Gasteiger partial charge in [-0.15, -0.1) is 0 Å². The summed E-state index contributed by atoms with van der Waals surface area (Å²) < 4.78 is 5.14. The van der Waals surface area contributed by atoms with Crippen molar-refractivity contribution in [2.24, 2.45) is 0 Å². The average molecular weight is 298 g/mol. The first-order valence-electron chi connectivity index (χ1n) is 7.42. The second-order valence-corrected chi connectivity index (χ2v) is 5.02. The summed E-state index contributed by atoms with van der Waals surface area (Å²) >= 11 is 0. The van der Waals surface area contributed by atoms with E-state index in [9.17, 15) is 4.79 Å². The molecule has 0 fully saturated rings. The fourth-order valence-electron chi connectivity index (χ4n) is 2.25. The molecule has 0 saturated carbocycles. The predicted octanol–water partition coefficient (Wildman–Crippen LogP) is 3.19. The van der Waals surface area contributed by atoms with Gasteiger partial charge in [0.05, 0.1) is 6.61 Å². The lowest BCUT2D eigenvalue weighted by Gasteiger charge is -2.11. The van der Waals surface area contributed by atoms with Gasteiger partial charge >= 0.3 is 0 Å². The molecule has 4 nitrogen and oxygen atoms in total. The highest BCUT2D eigenvalue weighted by Crippen LogP contribution is 2.15. The number of benzene rings is 2. The van der Waals surface area contributed by atoms with Crippen LogP contribution in [0.2, 0.25) is 0 Å². The van der Waals surface area contributed by atoms with Crippen LogP contribution in [0, 0.1) is 0 Å². The van der Waals surface area contributed by atoms with Crippen molar-refractivity contribution >= 4 is 11.6 Å². The lowest BCUT2D eigenvalue weighted by molar-refractivity contribution is 0.102. The van der Waals surface area contributed by atoms with Crippen LogP contribution < -0.4 is 10.6 Å². The third-order valence-corrected chi connectivity index (χ3v) is 3.33. The van der Waals surface area contributed by atoms with Crippen molar-refractivity contribution in [3.05, 3.63) is 65.2 Å². The van der Waals surface area contributed by atoms with E-state index in [1.807, 2.05) is 48.5 Å². The first kappa shape index (κ1) is 16.2. The van der Waals surface area contributed by atoms with Crippen molar-refractivity contribution in [2.75, 3.05) is 19.0 Å². The van der Waals surface area contributed by atoms with Gasteiger partial charge in [-0.2, -0.15) is 0 Å². The van der Waals surface area contributed by atoms with Gasteiger partial charge in [-0.05, 0) is 35.9 Å². The highest BCUT2D eigenvalue weighted by molar-refractivity contribution is 6.05. The summed E-state index contributed by atoms with van der Waals surface area (Å²) in [4.78, 5) is 12.5. The van der Waals surface area contributed by atoms with Gasteiger partial charge in [-0.1, -0.05) is 37.3 Å². The smallest absolute Gasteiger partial charge is 0.256 e. The number of carbonyl (C=O) groups is 1. The lowest BCUT2D eigenvalue weighted by atomic mass is 10.1. The number of hydrogen-bond acceptors (Lipinski definition) is 3. The molecule has 2 N–H and O–H groups in total. The molecule has 0 radical (unpaired) electrons. The van der Waals surface area contributed by atoms with Crippen LogP contribution in [0.5, 0.6) is 0 Å². The van der Waals surface area contributed by atoms with Crippen molar-refractivity contribution in [3.63, 3.8) is 0 Å². The van der Waals surface area contributed by atoms with Crippen LogP contribution in [-0.4, -0.2) is 19.6 Å². The molecule has 4 heteroatoms. The molecule has 0 aliphatic carbocycles. The summed E-state index contributed by atoms with van der Waals surface area (Å²) in [6.45, 7) is 4.20. The molecule has 0 atom stereocenters. The summed E-state index contributed by atoms with van der Waals surface area (Å²) in [6.07, 6.45) is 0. The Balaban J connectivity index is 2.12. The van der Waals surface area contributed by atoms with Crippen molar-refractivity contribution in [1.82, 2.24) is 5.32 Å². The minimum Gasteiger partial charge on any atom is -0.380 e. The summed E-state index contributed by atoms with van der Waals surface area (Å²) in [6, 6.07) is 15.3. The van der Waals surface area contributed by atoms with Gasteiger partial charge in [0.2, 0.25) is 0 Å². The van der Waals surface area contributed by atoms with Crippen LogP contribution in [0.4, 0.5) is 5.69 Å². The Hall–Kier alpha value is -2.17. The Bertz CT molecular complexity index is 626. The van der Waals surface area contributed by atoms with Crippen LogP contribution in [0.1, 0.15) is 28.4 Å². The quantitative estimate of drug-likeness (QED) is 0.825. The van der Waals surface area contributed by atoms with Crippen LogP contribution in [-0.2, 0) is 17.9 Å². The van der Waals surface area contributed by atoms with Crippen LogP contribution >= 0.6 is 0 Å². The average Bonchev–Trinajstić information content (AvgIpc) is 2.54. The molecule has 0 aliphatic heterocycles. The number of methoxy groups -OCH3 is 1. The van der Waals surface area contributed by atoms with E-state index in [1.54, 1.807) is 7.11 Å². The standard InChI is InChI=1S/C18H22N2O2/c1-3-19-12-14-7-6-9-16(11-14)20-18(21)17-10-5-4-8-15(17)13-22-2/h4-11,19H,3,12-13H2,1-2H3,(H,20,21). The number of ether oxygens (including phenoxy) is 1. The van der Waals surface area contributed by atoms with Crippen molar-refractivity contribution in [3.8, 4) is 0 Å². The van der Waals surface area contributed by atoms with Gasteiger partial charge in [0.15, 0.2) is 0 Å². The van der Waals surface area contributed by atoms with Crippen molar-refractivity contribution in [1.29, 1.82) is 0 Å². The Kier molecular flexibility index (Phi) is 6.13. The van der Waals surface area contributed by atoms with Crippen molar-refractivity contribution < 1.29 is 9.53 Å². The van der Waals surface area contributed by atoms with Gasteiger partial charge < -0.3 is 15.4 Å². The molecule has 22 heavy (non-hydrogen) atoms. The molecule has 2 rings (SSSR count). The van der Waals surface area contributed by atoms with E-state index in [4.69, 9.17) is 4.74 Å². The summed E-state index contributed by atoms with van der Waals surface area (Å²) in [5.74, 6) is -0.117. The summed E-state index contributed by atoms with van der Waals surface area (Å²) in [7, 11) is 1.62. The minimum atomic E-state index is -0.117. The monoisotopic (exact) mass is 298 g/mol. The Morgan fingerprint density at radius 2 is 1.95 bits per heavy atom. The van der Waals surface area contributed by atoms with E-state index >= 15 is 0 Å². The van der Waals surface area contributed by atoms with E-state index in [2.05, 4.69) is 17.6 Å². The van der Waals surface area contributed by atoms with Crippen LogP contribution in [0.3, 0.4) is 0 Å². The fraction of sp³-hybridized carbons (Fsp3) is 0.278. The molecule has 0 heterocycles. The third-order valence-electron chi connectivity index (χ3n) is 3.33. The van der Waals surface area contributed by atoms with Gasteiger partial charge in [-0.25, -0.2) is 0 Å². The van der Waals surface area contributed by atoms with E-state index in [0.29, 0.717) is 12.2 Å². The molecule has 0 aromatic heterocycles. The second kappa shape index (κ2) is 8.32. The zero-order valence-corrected chi connectivity index (χ0v) is 13.1. The largest absolute Gasteiger partial charge is 0.380 e. The summed E-state index contributed by atoms with van der Waals surface area (Å²) in [5.41, 5.74) is 3.46. The SMILES string of the molecule is CCNCc1cccc(NC(=O)c2ccccc2COC)c1. The zero-order chi connectivity index (χ0) is 15.8. The number of hydrogen-bond donors (Lipinski definition) is 2. The molecule has 116 valence electrons. The Morgan fingerprint density at radius 3 is 2.73 bits per heavy atom. The zero-order valence-electron chi connectivity index (χ0n) is 13.1. The fourth-order valence-corrected chi connectivity index (χ4v) is 2.25. The van der Waals surface area contributed by atoms with Crippen LogP contribution in [0.25, 0.3) is 0 Å². The molecule has 2 aromatic carbocycles. The first-order valence-corrected chi connectivity index (χ1v) is 7.42. The van der Waals surface area contributed by atoms with Gasteiger partial charge in [0.25, 0.3) is 5.91 Å². The van der Waals surface area contributed by atoms with Gasteiger partial charge in [-0.3, -0.25) is 4.79 Å². The minimum absolute atomic E-state index is 0.117.